The maximum Gasteiger partial charge on any atom is 0.323 e. The van der Waals surface area contributed by atoms with Crippen molar-refractivity contribution in [3.63, 3.8) is 0 Å². The Kier molecular flexibility index (Phi) is 1.63. The summed E-state index contributed by atoms with van der Waals surface area (Å²) < 4.78 is 0.988. The van der Waals surface area contributed by atoms with E-state index in [1.54, 1.807) is 0 Å². The average Bonchev–Trinajstić information content (AvgIpc) is 2.32. The highest BCUT2D eigenvalue weighted by molar-refractivity contribution is 5.95. The number of hydrogen-bond donors (Lipinski definition) is 2. The molecule has 1 aromatic rings. The third-order valence-electron chi connectivity index (χ3n) is 1.24. The summed E-state index contributed by atoms with van der Waals surface area (Å²) in [6.07, 6.45) is 1.38. The minimum atomic E-state index is -0.719. The molecule has 0 radical (unpaired) electrons. The van der Waals surface area contributed by atoms with E-state index in [0.717, 1.165) is 4.57 Å². The average molecular weight is 153 g/mol. The second-order valence-electron chi connectivity index (χ2n) is 1.97. The summed E-state index contributed by atoms with van der Waals surface area (Å²) in [6, 6.07) is 2.22. The Bertz CT molecular complexity index is 274. The standard InChI is InChI=1S/C6H7N3O2/c7-5(10)4-2-1-3-9(4)6(8)11/h1-3H,(H2,7,10)(H2,8,11). The van der Waals surface area contributed by atoms with E-state index in [1.807, 2.05) is 0 Å². The van der Waals surface area contributed by atoms with Gasteiger partial charge in [-0.15, -0.1) is 0 Å². The second-order valence-corrected chi connectivity index (χ2v) is 1.97. The van der Waals surface area contributed by atoms with Crippen molar-refractivity contribution in [3.05, 3.63) is 24.0 Å². The molecule has 11 heavy (non-hydrogen) atoms. The van der Waals surface area contributed by atoms with Crippen LogP contribution in [-0.4, -0.2) is 16.5 Å². The summed E-state index contributed by atoms with van der Waals surface area (Å²) in [5.74, 6) is -0.672. The van der Waals surface area contributed by atoms with Gasteiger partial charge in [0, 0.05) is 6.20 Å². The summed E-state index contributed by atoms with van der Waals surface area (Å²) in [7, 11) is 0. The number of primary amides is 2. The van der Waals surface area contributed by atoms with Crippen LogP contribution in [0.2, 0.25) is 0 Å². The summed E-state index contributed by atoms with van der Waals surface area (Å²) in [6.45, 7) is 0. The predicted molar refractivity (Wildman–Crippen MR) is 37.9 cm³/mol. The second kappa shape index (κ2) is 2.45. The molecule has 0 fully saturated rings. The lowest BCUT2D eigenvalue weighted by Gasteiger charge is -1.98. The van der Waals surface area contributed by atoms with E-state index in [4.69, 9.17) is 11.5 Å². The van der Waals surface area contributed by atoms with Crippen molar-refractivity contribution in [2.45, 2.75) is 0 Å². The van der Waals surface area contributed by atoms with Crippen LogP contribution in [0.25, 0.3) is 0 Å². The lowest BCUT2D eigenvalue weighted by Crippen LogP contribution is -2.25. The van der Waals surface area contributed by atoms with Gasteiger partial charge in [0.25, 0.3) is 5.91 Å². The zero-order valence-electron chi connectivity index (χ0n) is 5.65. The van der Waals surface area contributed by atoms with Gasteiger partial charge in [0.05, 0.1) is 0 Å². The third kappa shape index (κ3) is 1.21. The van der Waals surface area contributed by atoms with Gasteiger partial charge in [0.1, 0.15) is 5.69 Å². The third-order valence-corrected chi connectivity index (χ3v) is 1.24. The largest absolute Gasteiger partial charge is 0.364 e. The van der Waals surface area contributed by atoms with Crippen LogP contribution in [-0.2, 0) is 0 Å². The van der Waals surface area contributed by atoms with Gasteiger partial charge in [-0.1, -0.05) is 0 Å². The molecule has 2 amide bonds. The predicted octanol–water partition coefficient (Wildman–Crippen LogP) is -0.486. The van der Waals surface area contributed by atoms with Gasteiger partial charge < -0.3 is 11.5 Å². The topological polar surface area (TPSA) is 91.1 Å². The highest BCUT2D eigenvalue weighted by Crippen LogP contribution is 1.98. The Morgan fingerprint density at radius 3 is 2.36 bits per heavy atom. The molecule has 0 spiro atoms. The van der Waals surface area contributed by atoms with Gasteiger partial charge in [-0.25, -0.2) is 4.79 Å². The van der Waals surface area contributed by atoms with Crippen molar-refractivity contribution in [2.75, 3.05) is 0 Å². The van der Waals surface area contributed by atoms with E-state index < -0.39 is 11.9 Å². The maximum atomic E-state index is 10.6. The van der Waals surface area contributed by atoms with Crippen LogP contribution in [0.1, 0.15) is 10.5 Å². The van der Waals surface area contributed by atoms with Crippen LogP contribution in [0, 0.1) is 0 Å². The summed E-state index contributed by atoms with van der Waals surface area (Å²) in [5.41, 5.74) is 9.94. The monoisotopic (exact) mass is 153 g/mol. The molecule has 0 aromatic carbocycles. The van der Waals surface area contributed by atoms with Gasteiger partial charge >= 0.3 is 6.03 Å². The van der Waals surface area contributed by atoms with Gasteiger partial charge in [0.15, 0.2) is 0 Å². The quantitative estimate of drug-likeness (QED) is 0.570. The first-order chi connectivity index (χ1) is 5.13. The molecule has 4 N–H and O–H groups in total. The van der Waals surface area contributed by atoms with Crippen molar-refractivity contribution >= 4 is 11.9 Å². The molecule has 0 aliphatic rings. The van der Waals surface area contributed by atoms with Crippen LogP contribution in [0.15, 0.2) is 18.3 Å². The number of amides is 2. The number of nitrogens with two attached hydrogens (primary N) is 2. The number of nitrogens with zero attached hydrogens (tertiary/aromatic N) is 1. The number of rotatable bonds is 1. The van der Waals surface area contributed by atoms with Crippen molar-refractivity contribution in [1.29, 1.82) is 0 Å². The van der Waals surface area contributed by atoms with Crippen LogP contribution >= 0.6 is 0 Å². The van der Waals surface area contributed by atoms with E-state index in [9.17, 15) is 9.59 Å². The number of aromatic nitrogens is 1. The fourth-order valence-electron chi connectivity index (χ4n) is 0.774. The molecule has 1 aromatic heterocycles. The molecule has 5 heteroatoms. The van der Waals surface area contributed by atoms with E-state index in [-0.39, 0.29) is 5.69 Å². The Morgan fingerprint density at radius 2 is 2.00 bits per heavy atom. The van der Waals surface area contributed by atoms with Crippen LogP contribution in [0.5, 0.6) is 0 Å². The Hall–Kier alpha value is -1.78. The minimum absolute atomic E-state index is 0.0949. The SMILES string of the molecule is NC(=O)c1cccn1C(N)=O. The molecule has 0 unspecified atom stereocenters. The van der Waals surface area contributed by atoms with Crippen LogP contribution in [0.3, 0.4) is 0 Å². The maximum absolute atomic E-state index is 10.6. The molecule has 0 aliphatic carbocycles. The normalized spacial score (nSPS) is 9.45. The van der Waals surface area contributed by atoms with Crippen molar-refractivity contribution in [2.24, 2.45) is 11.5 Å². The Morgan fingerprint density at radius 1 is 1.36 bits per heavy atom. The Labute approximate surface area is 62.6 Å². The summed E-state index contributed by atoms with van der Waals surface area (Å²) in [5, 5.41) is 0. The van der Waals surface area contributed by atoms with Crippen LogP contribution in [0.4, 0.5) is 4.79 Å². The first kappa shape index (κ1) is 7.33. The van der Waals surface area contributed by atoms with Crippen molar-refractivity contribution in [3.8, 4) is 0 Å². The van der Waals surface area contributed by atoms with Gasteiger partial charge in [-0.3, -0.25) is 9.36 Å². The first-order valence-electron chi connectivity index (χ1n) is 2.90. The molecule has 5 nitrogen and oxygen atoms in total. The molecular weight excluding hydrogens is 146 g/mol. The lowest BCUT2D eigenvalue weighted by atomic mass is 10.4. The lowest BCUT2D eigenvalue weighted by molar-refractivity contribution is 0.0992. The highest BCUT2D eigenvalue weighted by Gasteiger charge is 2.08. The van der Waals surface area contributed by atoms with E-state index in [1.165, 1.54) is 18.3 Å². The van der Waals surface area contributed by atoms with E-state index >= 15 is 0 Å². The van der Waals surface area contributed by atoms with Crippen LogP contribution < -0.4 is 11.5 Å². The molecule has 1 rings (SSSR count). The fraction of sp³-hybridized carbons (Fsp3) is 0. The minimum Gasteiger partial charge on any atom is -0.364 e. The molecule has 0 atom stereocenters. The number of carbonyl (C=O) groups excluding carboxylic acids is 2. The molecule has 0 aliphatic heterocycles. The summed E-state index contributed by atoms with van der Waals surface area (Å²) >= 11 is 0. The van der Waals surface area contributed by atoms with E-state index in [0.29, 0.717) is 0 Å². The van der Waals surface area contributed by atoms with Crippen molar-refractivity contribution in [1.82, 2.24) is 4.57 Å². The number of hydrogen-bond acceptors (Lipinski definition) is 2. The molecule has 1 heterocycles. The molecule has 58 valence electrons. The highest BCUT2D eigenvalue weighted by atomic mass is 16.2. The molecular formula is C6H7N3O2. The van der Waals surface area contributed by atoms with Crippen molar-refractivity contribution < 1.29 is 9.59 Å². The zero-order valence-corrected chi connectivity index (χ0v) is 5.65. The van der Waals surface area contributed by atoms with Gasteiger partial charge in [0.2, 0.25) is 0 Å². The Balaban J connectivity index is 3.16. The number of carbonyl (C=O) groups is 2. The van der Waals surface area contributed by atoms with Gasteiger partial charge in [-0.2, -0.15) is 0 Å². The zero-order chi connectivity index (χ0) is 8.43. The molecule has 0 saturated heterocycles. The van der Waals surface area contributed by atoms with E-state index in [2.05, 4.69) is 0 Å². The summed E-state index contributed by atoms with van der Waals surface area (Å²) in [4.78, 5) is 21.1. The molecule has 0 bridgehead atoms. The smallest absolute Gasteiger partial charge is 0.323 e. The van der Waals surface area contributed by atoms with Gasteiger partial charge in [-0.05, 0) is 12.1 Å². The first-order valence-corrected chi connectivity index (χ1v) is 2.90. The fourth-order valence-corrected chi connectivity index (χ4v) is 0.774. The molecule has 0 saturated carbocycles.